The van der Waals surface area contributed by atoms with E-state index in [-0.39, 0.29) is 0 Å². The maximum atomic E-state index is 4.43. The molecule has 144 valence electrons. The summed E-state index contributed by atoms with van der Waals surface area (Å²) in [5.74, 6) is 1.67. The molecule has 3 heterocycles. The summed E-state index contributed by atoms with van der Waals surface area (Å²) in [5.41, 5.74) is 2.23. The number of nitrogens with zero attached hydrogens (tertiary/aromatic N) is 4. The summed E-state index contributed by atoms with van der Waals surface area (Å²) in [6.45, 7) is 0.723. The number of hydrogen-bond donors (Lipinski definition) is 3. The number of guanidine groups is 1. The maximum Gasteiger partial charge on any atom is 0.191 e. The normalized spacial score (nSPS) is 26.0. The standard InChI is InChI=1S/C20H29N7/c1-21-20(25-16-10-17-7-4-8-18(11-16)27(17)2)22-12-14-5-3-6-15(9-14)19-23-13-24-26-19/h3,5-6,9,13,16-18H,4,7-8,10-12H2,1-2H3,(H2,21,22,25)(H,23,24,26). The minimum absolute atomic E-state index is 0.503. The van der Waals surface area contributed by atoms with Crippen molar-refractivity contribution in [1.29, 1.82) is 0 Å². The van der Waals surface area contributed by atoms with Crippen LogP contribution in [0.3, 0.4) is 0 Å². The Kier molecular flexibility index (Phi) is 5.38. The van der Waals surface area contributed by atoms with Crippen molar-refractivity contribution in [2.75, 3.05) is 14.1 Å². The lowest BCUT2D eigenvalue weighted by Gasteiger charge is -2.47. The summed E-state index contributed by atoms with van der Waals surface area (Å²) >= 11 is 0. The first-order chi connectivity index (χ1) is 13.2. The number of benzene rings is 1. The minimum Gasteiger partial charge on any atom is -0.354 e. The lowest BCUT2D eigenvalue weighted by atomic mass is 9.82. The number of nitrogens with one attached hydrogen (secondary N) is 3. The van der Waals surface area contributed by atoms with Gasteiger partial charge in [-0.15, -0.1) is 0 Å². The zero-order chi connectivity index (χ0) is 18.6. The number of aromatic nitrogens is 3. The Bertz CT molecular complexity index is 756. The van der Waals surface area contributed by atoms with Crippen LogP contribution in [-0.4, -0.2) is 58.3 Å². The van der Waals surface area contributed by atoms with Gasteiger partial charge in [-0.1, -0.05) is 24.6 Å². The van der Waals surface area contributed by atoms with Gasteiger partial charge in [0.1, 0.15) is 6.33 Å². The van der Waals surface area contributed by atoms with E-state index in [1.165, 1.54) is 44.0 Å². The van der Waals surface area contributed by atoms with Gasteiger partial charge in [-0.3, -0.25) is 10.1 Å². The highest BCUT2D eigenvalue weighted by atomic mass is 15.2. The first-order valence-electron chi connectivity index (χ1n) is 9.86. The molecule has 27 heavy (non-hydrogen) atoms. The largest absolute Gasteiger partial charge is 0.354 e. The van der Waals surface area contributed by atoms with E-state index in [4.69, 9.17) is 0 Å². The molecule has 3 N–H and O–H groups in total. The Morgan fingerprint density at radius 3 is 2.81 bits per heavy atom. The molecule has 4 rings (SSSR count). The quantitative estimate of drug-likeness (QED) is 0.570. The predicted octanol–water partition coefficient (Wildman–Crippen LogP) is 2.15. The van der Waals surface area contributed by atoms with Gasteiger partial charge in [-0.05, 0) is 44.4 Å². The first kappa shape index (κ1) is 18.0. The fourth-order valence-corrected chi connectivity index (χ4v) is 4.48. The summed E-state index contributed by atoms with van der Waals surface area (Å²) in [5, 5.41) is 14.0. The third kappa shape index (κ3) is 4.13. The number of aliphatic imine (C=N–C) groups is 1. The van der Waals surface area contributed by atoms with E-state index in [2.05, 4.69) is 54.9 Å². The summed E-state index contributed by atoms with van der Waals surface area (Å²) in [4.78, 5) is 11.2. The van der Waals surface area contributed by atoms with E-state index in [0.717, 1.165) is 23.9 Å². The van der Waals surface area contributed by atoms with Crippen molar-refractivity contribution < 1.29 is 0 Å². The van der Waals surface area contributed by atoms with E-state index in [1.54, 1.807) is 0 Å². The summed E-state index contributed by atoms with van der Waals surface area (Å²) < 4.78 is 0. The van der Waals surface area contributed by atoms with Crippen molar-refractivity contribution in [3.05, 3.63) is 36.2 Å². The monoisotopic (exact) mass is 367 g/mol. The zero-order valence-electron chi connectivity index (χ0n) is 16.2. The Morgan fingerprint density at radius 2 is 2.11 bits per heavy atom. The molecule has 2 aliphatic rings. The molecule has 0 amide bonds. The fourth-order valence-electron chi connectivity index (χ4n) is 4.48. The van der Waals surface area contributed by atoms with Crippen LogP contribution in [0.1, 0.15) is 37.7 Å². The molecule has 0 saturated carbocycles. The lowest BCUT2D eigenvalue weighted by Crippen LogP contribution is -2.56. The number of fused-ring (bicyclic) bond motifs is 2. The molecule has 0 spiro atoms. The third-order valence-corrected chi connectivity index (χ3v) is 5.98. The Labute approximate surface area is 160 Å². The fraction of sp³-hybridized carbons (Fsp3) is 0.550. The van der Waals surface area contributed by atoms with Crippen molar-refractivity contribution in [1.82, 2.24) is 30.7 Å². The summed E-state index contributed by atoms with van der Waals surface area (Å²) in [6.07, 6.45) is 7.96. The topological polar surface area (TPSA) is 81.2 Å². The number of H-pyrrole nitrogens is 1. The molecule has 2 aliphatic heterocycles. The van der Waals surface area contributed by atoms with Crippen LogP contribution in [0.5, 0.6) is 0 Å². The van der Waals surface area contributed by atoms with Gasteiger partial charge in [0, 0.05) is 37.3 Å². The predicted molar refractivity (Wildman–Crippen MR) is 107 cm³/mol. The molecule has 2 aromatic rings. The average Bonchev–Trinajstić information content (AvgIpc) is 3.21. The van der Waals surface area contributed by atoms with Crippen molar-refractivity contribution >= 4 is 5.96 Å². The molecule has 2 saturated heterocycles. The minimum atomic E-state index is 0.503. The average molecular weight is 368 g/mol. The van der Waals surface area contributed by atoms with Gasteiger partial charge in [-0.2, -0.15) is 5.10 Å². The van der Waals surface area contributed by atoms with Crippen molar-refractivity contribution in [2.45, 2.75) is 56.8 Å². The highest BCUT2D eigenvalue weighted by Gasteiger charge is 2.36. The van der Waals surface area contributed by atoms with Gasteiger partial charge < -0.3 is 15.5 Å². The van der Waals surface area contributed by atoms with Crippen LogP contribution in [-0.2, 0) is 6.54 Å². The van der Waals surface area contributed by atoms with Crippen LogP contribution in [0.2, 0.25) is 0 Å². The van der Waals surface area contributed by atoms with Crippen LogP contribution in [0.15, 0.2) is 35.6 Å². The summed E-state index contributed by atoms with van der Waals surface area (Å²) in [7, 11) is 4.13. The van der Waals surface area contributed by atoms with Crippen LogP contribution in [0.25, 0.3) is 11.4 Å². The molecular weight excluding hydrogens is 338 g/mol. The second-order valence-corrected chi connectivity index (χ2v) is 7.68. The van der Waals surface area contributed by atoms with E-state index in [1.807, 2.05) is 19.2 Å². The van der Waals surface area contributed by atoms with Gasteiger partial charge in [0.2, 0.25) is 0 Å². The van der Waals surface area contributed by atoms with Gasteiger partial charge in [0.05, 0.1) is 0 Å². The lowest BCUT2D eigenvalue weighted by molar-refractivity contribution is 0.0526. The second kappa shape index (κ2) is 8.08. The van der Waals surface area contributed by atoms with E-state index >= 15 is 0 Å². The first-order valence-corrected chi connectivity index (χ1v) is 9.86. The van der Waals surface area contributed by atoms with E-state index in [9.17, 15) is 0 Å². The van der Waals surface area contributed by atoms with Crippen LogP contribution in [0, 0.1) is 0 Å². The third-order valence-electron chi connectivity index (χ3n) is 5.98. The highest BCUT2D eigenvalue weighted by molar-refractivity contribution is 5.80. The van der Waals surface area contributed by atoms with Gasteiger partial charge in [0.25, 0.3) is 0 Å². The number of piperidine rings is 2. The SMILES string of the molecule is CN=C(NCc1cccc(-c2ncn[nH]2)c1)NC1CC2CCCC(C1)N2C. The maximum absolute atomic E-state index is 4.43. The number of aromatic amines is 1. The second-order valence-electron chi connectivity index (χ2n) is 7.68. The molecule has 2 atom stereocenters. The molecule has 0 aliphatic carbocycles. The summed E-state index contributed by atoms with van der Waals surface area (Å²) in [6, 6.07) is 10.2. The molecule has 1 aromatic carbocycles. The Morgan fingerprint density at radius 1 is 1.30 bits per heavy atom. The number of hydrogen-bond acceptors (Lipinski definition) is 4. The molecule has 0 radical (unpaired) electrons. The van der Waals surface area contributed by atoms with Crippen LogP contribution < -0.4 is 10.6 Å². The molecule has 1 aromatic heterocycles. The van der Waals surface area contributed by atoms with Gasteiger partial charge in [-0.25, -0.2) is 4.98 Å². The molecule has 7 nitrogen and oxygen atoms in total. The highest BCUT2D eigenvalue weighted by Crippen LogP contribution is 2.32. The van der Waals surface area contributed by atoms with Crippen LogP contribution in [0.4, 0.5) is 0 Å². The number of rotatable bonds is 4. The molecule has 7 heteroatoms. The Hall–Kier alpha value is -2.41. The van der Waals surface area contributed by atoms with Crippen molar-refractivity contribution in [2.24, 2.45) is 4.99 Å². The van der Waals surface area contributed by atoms with E-state index in [0.29, 0.717) is 18.1 Å². The Balaban J connectivity index is 1.34. The molecular formula is C20H29N7. The van der Waals surface area contributed by atoms with Crippen molar-refractivity contribution in [3.8, 4) is 11.4 Å². The van der Waals surface area contributed by atoms with E-state index < -0.39 is 0 Å². The van der Waals surface area contributed by atoms with Gasteiger partial charge in [0.15, 0.2) is 11.8 Å². The smallest absolute Gasteiger partial charge is 0.191 e. The molecule has 2 bridgehead atoms. The zero-order valence-corrected chi connectivity index (χ0v) is 16.2. The van der Waals surface area contributed by atoms with Gasteiger partial charge >= 0.3 is 0 Å². The van der Waals surface area contributed by atoms with Crippen LogP contribution >= 0.6 is 0 Å². The molecule has 2 fully saturated rings. The van der Waals surface area contributed by atoms with Crippen molar-refractivity contribution in [3.63, 3.8) is 0 Å². The molecule has 2 unspecified atom stereocenters.